The van der Waals surface area contributed by atoms with Gasteiger partial charge in [-0.15, -0.1) is 0 Å². The molecule has 4 aromatic rings. The quantitative estimate of drug-likeness (QED) is 0.261. The number of anilines is 2. The van der Waals surface area contributed by atoms with E-state index in [1.165, 1.54) is 19.4 Å². The highest BCUT2D eigenvalue weighted by Gasteiger charge is 2.46. The van der Waals surface area contributed by atoms with E-state index in [-0.39, 0.29) is 17.5 Å². The van der Waals surface area contributed by atoms with Crippen LogP contribution >= 0.6 is 0 Å². The highest BCUT2D eigenvalue weighted by atomic mass is 16.6. The molecule has 0 amide bonds. The van der Waals surface area contributed by atoms with Crippen molar-refractivity contribution in [2.75, 3.05) is 25.1 Å². The first kappa shape index (κ1) is 23.8. The Bertz CT molecular complexity index is 1650. The smallest absolute Gasteiger partial charge is 0.314 e. The summed E-state index contributed by atoms with van der Waals surface area (Å²) in [7, 11) is 1.40. The van der Waals surface area contributed by atoms with Crippen LogP contribution in [0, 0.1) is 16.0 Å². The van der Waals surface area contributed by atoms with Gasteiger partial charge in [-0.2, -0.15) is 0 Å². The Morgan fingerprint density at radius 3 is 2.30 bits per heavy atom. The predicted molar refractivity (Wildman–Crippen MR) is 136 cm³/mol. The van der Waals surface area contributed by atoms with Crippen LogP contribution in [0.3, 0.4) is 0 Å². The van der Waals surface area contributed by atoms with Crippen molar-refractivity contribution in [1.29, 1.82) is 0 Å². The van der Waals surface area contributed by atoms with Crippen LogP contribution in [0.5, 0.6) is 0 Å². The fourth-order valence-electron chi connectivity index (χ4n) is 4.68. The number of hydrogen-bond donors (Lipinski definition) is 3. The SMILES string of the molecule is COC1(c2ccc3nc(N)ncc3c2)C=C(c2ccc3nc(N)ncc3c2)C(C[N+](=O)[O-])=CC1C(=O)O. The summed E-state index contributed by atoms with van der Waals surface area (Å²) in [6.07, 6.45) is 6.11. The maximum atomic E-state index is 12.5. The zero-order chi connectivity index (χ0) is 26.3. The largest absolute Gasteiger partial charge is 0.481 e. The number of aromatic nitrogens is 4. The maximum absolute atomic E-state index is 12.5. The molecule has 37 heavy (non-hydrogen) atoms. The third-order valence-corrected chi connectivity index (χ3v) is 6.40. The molecule has 0 radical (unpaired) electrons. The van der Waals surface area contributed by atoms with Gasteiger partial charge in [0, 0.05) is 40.8 Å². The maximum Gasteiger partial charge on any atom is 0.314 e. The lowest BCUT2D eigenvalue weighted by Crippen LogP contribution is -2.41. The van der Waals surface area contributed by atoms with Gasteiger partial charge < -0.3 is 21.3 Å². The average molecular weight is 499 g/mol. The summed E-state index contributed by atoms with van der Waals surface area (Å²) in [4.78, 5) is 40.0. The molecule has 2 unspecified atom stereocenters. The highest BCUT2D eigenvalue weighted by molar-refractivity contribution is 5.91. The van der Waals surface area contributed by atoms with Gasteiger partial charge in [0.2, 0.25) is 18.4 Å². The third-order valence-electron chi connectivity index (χ3n) is 6.40. The molecule has 12 heteroatoms. The summed E-state index contributed by atoms with van der Waals surface area (Å²) in [5.74, 6) is -2.23. The number of carboxylic acids is 1. The summed E-state index contributed by atoms with van der Waals surface area (Å²) in [6, 6.07) is 10.4. The zero-order valence-electron chi connectivity index (χ0n) is 19.5. The molecule has 0 fully saturated rings. The Labute approximate surface area is 209 Å². The second-order valence-electron chi connectivity index (χ2n) is 8.56. The number of rotatable bonds is 6. The van der Waals surface area contributed by atoms with Crippen LogP contribution in [-0.4, -0.2) is 49.6 Å². The molecule has 5 rings (SSSR count). The van der Waals surface area contributed by atoms with Crippen molar-refractivity contribution in [3.05, 3.63) is 87.8 Å². The van der Waals surface area contributed by atoms with E-state index in [2.05, 4.69) is 19.9 Å². The molecular formula is C25H21N7O5. The highest BCUT2D eigenvalue weighted by Crippen LogP contribution is 2.45. The van der Waals surface area contributed by atoms with Crippen molar-refractivity contribution in [3.63, 3.8) is 0 Å². The molecule has 1 aliphatic carbocycles. The van der Waals surface area contributed by atoms with Gasteiger partial charge in [0.1, 0.15) is 11.5 Å². The van der Waals surface area contributed by atoms with E-state index in [1.807, 2.05) is 0 Å². The first-order valence-electron chi connectivity index (χ1n) is 11.1. The Balaban J connectivity index is 1.75. The van der Waals surface area contributed by atoms with E-state index in [0.717, 1.165) is 0 Å². The van der Waals surface area contributed by atoms with Gasteiger partial charge >= 0.3 is 5.97 Å². The number of carboxylic acid groups (broad SMARTS) is 1. The monoisotopic (exact) mass is 499 g/mol. The van der Waals surface area contributed by atoms with Crippen molar-refractivity contribution in [2.24, 2.45) is 5.92 Å². The number of carbonyl (C=O) groups is 1. The lowest BCUT2D eigenvalue weighted by molar-refractivity contribution is -0.470. The number of methoxy groups -OCH3 is 1. The molecule has 2 heterocycles. The van der Waals surface area contributed by atoms with E-state index < -0.39 is 29.0 Å². The molecule has 0 bridgehead atoms. The van der Waals surface area contributed by atoms with Gasteiger partial charge in [0.25, 0.3) is 0 Å². The molecule has 12 nitrogen and oxygen atoms in total. The van der Waals surface area contributed by atoms with Gasteiger partial charge in [-0.05, 0) is 47.0 Å². The number of fused-ring (bicyclic) bond motifs is 2. The van der Waals surface area contributed by atoms with E-state index in [9.17, 15) is 20.0 Å². The molecule has 2 aromatic heterocycles. The van der Waals surface area contributed by atoms with E-state index >= 15 is 0 Å². The Morgan fingerprint density at radius 1 is 1.08 bits per heavy atom. The minimum Gasteiger partial charge on any atom is -0.481 e. The standard InChI is InChI=1S/C25H21N7O5/c1-37-25(17-3-5-21-15(7-17)11-29-24(27)31-21)9-18(16(12-32(35)36)8-19(25)22(33)34)13-2-4-20-14(6-13)10-28-23(26)30-20/h2-11,19H,12H2,1H3,(H,33,34)(H2,26,28,30)(H2,27,29,31). The number of nitrogen functional groups attached to an aromatic ring is 2. The Kier molecular flexibility index (Phi) is 5.72. The number of hydrogen-bond acceptors (Lipinski definition) is 10. The molecular weight excluding hydrogens is 478 g/mol. The Hall–Kier alpha value is -4.97. The molecule has 2 aromatic carbocycles. The molecule has 0 spiro atoms. The zero-order valence-corrected chi connectivity index (χ0v) is 19.5. The van der Waals surface area contributed by atoms with Crippen LogP contribution in [-0.2, 0) is 15.1 Å². The van der Waals surface area contributed by atoms with E-state index in [4.69, 9.17) is 16.2 Å². The summed E-state index contributed by atoms with van der Waals surface area (Å²) < 4.78 is 5.94. The first-order valence-corrected chi connectivity index (χ1v) is 11.1. The summed E-state index contributed by atoms with van der Waals surface area (Å²) in [5, 5.41) is 23.0. The lowest BCUT2D eigenvalue weighted by Gasteiger charge is -2.38. The number of benzene rings is 2. The number of aliphatic carboxylic acids is 1. The van der Waals surface area contributed by atoms with E-state index in [1.54, 1.807) is 48.7 Å². The van der Waals surface area contributed by atoms with Crippen LogP contribution in [0.25, 0.3) is 27.4 Å². The topological polar surface area (TPSA) is 193 Å². The normalized spacial score (nSPS) is 19.4. The molecule has 0 saturated heterocycles. The number of nitro groups is 1. The fourth-order valence-corrected chi connectivity index (χ4v) is 4.68. The van der Waals surface area contributed by atoms with Gasteiger partial charge in [-0.1, -0.05) is 18.2 Å². The minimum atomic E-state index is -1.50. The second kappa shape index (κ2) is 8.91. The van der Waals surface area contributed by atoms with Gasteiger partial charge in [-0.25, -0.2) is 19.9 Å². The molecule has 2 atom stereocenters. The number of nitrogens with zero attached hydrogens (tertiary/aromatic N) is 5. The predicted octanol–water partition coefficient (Wildman–Crippen LogP) is 2.58. The molecule has 0 aliphatic heterocycles. The molecule has 1 aliphatic rings. The van der Waals surface area contributed by atoms with Crippen LogP contribution in [0.2, 0.25) is 0 Å². The third kappa shape index (κ3) is 4.19. The van der Waals surface area contributed by atoms with Gasteiger partial charge in [0.15, 0.2) is 0 Å². The van der Waals surface area contributed by atoms with Crippen LogP contribution in [0.15, 0.2) is 66.5 Å². The second-order valence-corrected chi connectivity index (χ2v) is 8.56. The summed E-state index contributed by atoms with van der Waals surface area (Å²) >= 11 is 0. The van der Waals surface area contributed by atoms with E-state index in [0.29, 0.717) is 38.5 Å². The first-order chi connectivity index (χ1) is 17.7. The summed E-state index contributed by atoms with van der Waals surface area (Å²) in [5.41, 5.74) is 12.9. The fraction of sp³-hybridized carbons (Fsp3) is 0.160. The van der Waals surface area contributed by atoms with Crippen LogP contribution in [0.4, 0.5) is 11.9 Å². The van der Waals surface area contributed by atoms with Crippen LogP contribution in [0.1, 0.15) is 11.1 Å². The van der Waals surface area contributed by atoms with Crippen molar-refractivity contribution in [2.45, 2.75) is 5.60 Å². The van der Waals surface area contributed by atoms with Crippen molar-refractivity contribution < 1.29 is 19.6 Å². The van der Waals surface area contributed by atoms with Gasteiger partial charge in [0.05, 0.1) is 11.0 Å². The molecule has 5 N–H and O–H groups in total. The van der Waals surface area contributed by atoms with Crippen molar-refractivity contribution >= 4 is 45.2 Å². The van der Waals surface area contributed by atoms with Gasteiger partial charge in [-0.3, -0.25) is 14.9 Å². The molecule has 0 saturated carbocycles. The minimum absolute atomic E-state index is 0.111. The number of nitrogens with two attached hydrogens (primary N) is 2. The number of ether oxygens (including phenoxy) is 1. The summed E-state index contributed by atoms with van der Waals surface area (Å²) in [6.45, 7) is -0.573. The van der Waals surface area contributed by atoms with Crippen molar-refractivity contribution in [3.8, 4) is 0 Å². The van der Waals surface area contributed by atoms with Crippen molar-refractivity contribution in [1.82, 2.24) is 19.9 Å². The molecule has 186 valence electrons. The average Bonchev–Trinajstić information content (AvgIpc) is 2.87. The lowest BCUT2D eigenvalue weighted by atomic mass is 9.72. The van der Waals surface area contributed by atoms with Crippen LogP contribution < -0.4 is 11.5 Å². The Morgan fingerprint density at radius 2 is 1.70 bits per heavy atom.